The largest absolute Gasteiger partial charge is 0.487 e. The lowest BCUT2D eigenvalue weighted by Gasteiger charge is -2.09. The van der Waals surface area contributed by atoms with Crippen LogP contribution >= 0.6 is 32.5 Å². The first-order valence-electron chi connectivity index (χ1n) is 7.17. The van der Waals surface area contributed by atoms with Crippen molar-refractivity contribution < 1.29 is 19.5 Å². The molecule has 0 unspecified atom stereocenters. The minimum Gasteiger partial charge on any atom is -0.487 e. The van der Waals surface area contributed by atoms with E-state index in [0.29, 0.717) is 16.4 Å². The highest BCUT2D eigenvalue weighted by Gasteiger charge is 2.24. The number of thioether (sulfide) groups is 1. The first-order valence-corrected chi connectivity index (χ1v) is 10.5. The molecule has 6 nitrogen and oxygen atoms in total. The number of ether oxygens (including phenoxy) is 1. The third-order valence-electron chi connectivity index (χ3n) is 3.28. The van der Waals surface area contributed by atoms with Gasteiger partial charge in [-0.15, -0.1) is 0 Å². The van der Waals surface area contributed by atoms with Gasteiger partial charge in [0.1, 0.15) is 18.1 Å². The molecule has 0 aromatic heterocycles. The Balaban J connectivity index is 1.63. The molecule has 0 atom stereocenters. The summed E-state index contributed by atoms with van der Waals surface area (Å²) in [5, 5.41) is 14.3. The van der Waals surface area contributed by atoms with Gasteiger partial charge in [0, 0.05) is 5.57 Å². The number of halogens is 1. The summed E-state index contributed by atoms with van der Waals surface area (Å²) in [7, 11) is 0. The first kappa shape index (κ1) is 17.6. The monoisotopic (exact) mass is 468 g/mol. The van der Waals surface area contributed by atoms with E-state index in [1.807, 2.05) is 12.2 Å². The second-order valence-electron chi connectivity index (χ2n) is 4.92. The van der Waals surface area contributed by atoms with Gasteiger partial charge in [-0.2, -0.15) is 0 Å². The average molecular weight is 468 g/mol. The van der Waals surface area contributed by atoms with Crippen molar-refractivity contribution in [3.63, 3.8) is 0 Å². The number of benzene rings is 1. The summed E-state index contributed by atoms with van der Waals surface area (Å²) in [6.07, 6.45) is 5.52. The number of hydrogen-bond acceptors (Lipinski definition) is 6. The Labute approximate surface area is 158 Å². The zero-order valence-corrected chi connectivity index (χ0v) is 15.8. The molecule has 0 radical (unpaired) electrons. The minimum absolute atomic E-state index is 0.0302. The molecule has 1 saturated heterocycles. The number of rotatable bonds is 5. The second kappa shape index (κ2) is 8.26. The van der Waals surface area contributed by atoms with Crippen molar-refractivity contribution in [3.05, 3.63) is 56.5 Å². The molecule has 25 heavy (non-hydrogen) atoms. The fourth-order valence-corrected chi connectivity index (χ4v) is 4.16. The van der Waals surface area contributed by atoms with Crippen molar-refractivity contribution in [1.29, 1.82) is 0 Å². The first-order chi connectivity index (χ1) is 12.2. The highest BCUT2D eigenvalue weighted by Crippen LogP contribution is 2.26. The number of nitrogens with zero attached hydrogens (tertiary/aromatic N) is 1. The predicted molar refractivity (Wildman–Crippen MR) is 108 cm³/mol. The van der Waals surface area contributed by atoms with Crippen LogP contribution in [0.5, 0.6) is 5.75 Å². The Bertz CT molecular complexity index is 854. The summed E-state index contributed by atoms with van der Waals surface area (Å²) in [6.45, 7) is 0.145. The number of hydrogen-bond donors (Lipinski definition) is 2. The molecule has 128 valence electrons. The van der Waals surface area contributed by atoms with Gasteiger partial charge in [-0.05, 0) is 55.8 Å². The van der Waals surface area contributed by atoms with Crippen LogP contribution in [0.15, 0.2) is 56.1 Å². The Hall–Kier alpha value is -2.20. The Morgan fingerprint density at radius 3 is 2.72 bits per heavy atom. The van der Waals surface area contributed by atoms with Crippen molar-refractivity contribution in [2.75, 3.05) is 6.61 Å². The van der Waals surface area contributed by atoms with Gasteiger partial charge < -0.3 is 9.94 Å². The van der Waals surface area contributed by atoms with E-state index in [9.17, 15) is 9.59 Å². The Kier molecular flexibility index (Phi) is 5.82. The summed E-state index contributed by atoms with van der Waals surface area (Å²) < 4.78 is 9.82. The van der Waals surface area contributed by atoms with E-state index in [1.54, 1.807) is 30.3 Å². The molecule has 8 heteroatoms. The SMILES string of the molecule is O=C1NC(=O)/C(=C/c2ccc(OC/C(=N\O)C3=CC=IC=C3)cc2)S1. The number of imide groups is 1. The minimum atomic E-state index is -0.382. The van der Waals surface area contributed by atoms with E-state index in [2.05, 4.69) is 18.6 Å². The standard InChI is InChI=1S/C17H13IN2O4S/c21-16-15(25-17(22)19-16)9-11-1-3-13(4-2-11)24-10-14(20-23)12-5-7-18-8-6-12/h1-9,23H,10H2,(H,19,21,22)/b15-9-,20-14+. The molecule has 0 spiro atoms. The molecule has 0 saturated carbocycles. The zero-order valence-electron chi connectivity index (χ0n) is 12.8. The third kappa shape index (κ3) is 4.67. The highest BCUT2D eigenvalue weighted by molar-refractivity contribution is 14.2. The van der Waals surface area contributed by atoms with Crippen LogP contribution < -0.4 is 10.1 Å². The summed E-state index contributed by atoms with van der Waals surface area (Å²) >= 11 is 0.849. The van der Waals surface area contributed by atoms with Crippen molar-refractivity contribution in [1.82, 2.24) is 5.32 Å². The smallest absolute Gasteiger partial charge is 0.290 e. The molecule has 0 bridgehead atoms. The van der Waals surface area contributed by atoms with Gasteiger partial charge in [-0.1, -0.05) is 38.0 Å². The number of allylic oxidation sites excluding steroid dienone is 2. The summed E-state index contributed by atoms with van der Waals surface area (Å²) in [4.78, 5) is 23.0. The van der Waals surface area contributed by atoms with Crippen LogP contribution in [0.3, 0.4) is 0 Å². The lowest BCUT2D eigenvalue weighted by atomic mass is 10.1. The number of carbonyl (C=O) groups is 2. The Morgan fingerprint density at radius 2 is 2.12 bits per heavy atom. The second-order valence-corrected chi connectivity index (χ2v) is 8.10. The summed E-state index contributed by atoms with van der Waals surface area (Å²) in [6, 6.07) is 7.08. The molecule has 2 amide bonds. The van der Waals surface area contributed by atoms with Crippen LogP contribution in [0.1, 0.15) is 5.56 Å². The number of amides is 2. The van der Waals surface area contributed by atoms with Crippen LogP contribution in [0.2, 0.25) is 0 Å². The number of oxime groups is 1. The molecular weight excluding hydrogens is 455 g/mol. The molecular formula is C17H13IN2O4S. The van der Waals surface area contributed by atoms with Crippen molar-refractivity contribution in [2.24, 2.45) is 5.16 Å². The topological polar surface area (TPSA) is 88.0 Å². The van der Waals surface area contributed by atoms with Gasteiger partial charge in [-0.25, -0.2) is 0 Å². The van der Waals surface area contributed by atoms with Gasteiger partial charge in [-0.3, -0.25) is 14.9 Å². The molecule has 2 aliphatic heterocycles. The third-order valence-corrected chi connectivity index (χ3v) is 5.64. The molecule has 1 aromatic rings. The van der Waals surface area contributed by atoms with Crippen molar-refractivity contribution in [2.45, 2.75) is 0 Å². The van der Waals surface area contributed by atoms with Crippen LogP contribution in [0.4, 0.5) is 4.79 Å². The maximum atomic E-state index is 11.5. The van der Waals surface area contributed by atoms with Crippen molar-refractivity contribution in [3.8, 4) is 5.75 Å². The normalized spacial score (nSPS) is 18.8. The molecule has 2 aliphatic rings. The molecule has 2 N–H and O–H groups in total. The zero-order chi connectivity index (χ0) is 17.6. The summed E-state index contributed by atoms with van der Waals surface area (Å²) in [5.74, 6) is 0.229. The molecule has 1 fully saturated rings. The van der Waals surface area contributed by atoms with E-state index in [4.69, 9.17) is 9.94 Å². The molecule has 0 aliphatic carbocycles. The van der Waals surface area contributed by atoms with E-state index >= 15 is 0 Å². The molecule has 2 heterocycles. The maximum Gasteiger partial charge on any atom is 0.290 e. The van der Waals surface area contributed by atoms with E-state index in [1.165, 1.54) is 0 Å². The lowest BCUT2D eigenvalue weighted by Crippen LogP contribution is -2.17. The van der Waals surface area contributed by atoms with Gasteiger partial charge in [0.25, 0.3) is 11.1 Å². The summed E-state index contributed by atoms with van der Waals surface area (Å²) in [5.41, 5.74) is 2.08. The quantitative estimate of drug-likeness (QED) is 0.227. The van der Waals surface area contributed by atoms with Gasteiger partial charge in [0.15, 0.2) is 0 Å². The van der Waals surface area contributed by atoms with E-state index in [-0.39, 0.29) is 38.5 Å². The molecule has 1 aromatic carbocycles. The van der Waals surface area contributed by atoms with E-state index in [0.717, 1.165) is 22.9 Å². The van der Waals surface area contributed by atoms with Gasteiger partial charge in [0.05, 0.1) is 4.91 Å². The van der Waals surface area contributed by atoms with Crippen LogP contribution in [0.25, 0.3) is 6.08 Å². The van der Waals surface area contributed by atoms with Crippen molar-refractivity contribution >= 4 is 59.4 Å². The number of carbonyl (C=O) groups excluding carboxylic acids is 2. The van der Waals surface area contributed by atoms with Crippen LogP contribution in [-0.4, -0.2) is 32.7 Å². The fourth-order valence-electron chi connectivity index (χ4n) is 2.05. The fraction of sp³-hybridized carbons (Fsp3) is 0.0588. The highest BCUT2D eigenvalue weighted by atomic mass is 127. The van der Waals surface area contributed by atoms with E-state index < -0.39 is 0 Å². The van der Waals surface area contributed by atoms with Crippen LogP contribution in [0, 0.1) is 0 Å². The van der Waals surface area contributed by atoms with Gasteiger partial charge in [0.2, 0.25) is 0 Å². The molecule has 3 rings (SSSR count). The average Bonchev–Trinajstić information content (AvgIpc) is 2.95. The number of nitrogens with one attached hydrogen (secondary N) is 1. The van der Waals surface area contributed by atoms with Crippen LogP contribution in [-0.2, 0) is 4.79 Å². The maximum absolute atomic E-state index is 11.5. The van der Waals surface area contributed by atoms with Gasteiger partial charge >= 0.3 is 0 Å². The lowest BCUT2D eigenvalue weighted by molar-refractivity contribution is -0.115. The predicted octanol–water partition coefficient (Wildman–Crippen LogP) is 3.45. The Morgan fingerprint density at radius 1 is 1.32 bits per heavy atom.